The van der Waals surface area contributed by atoms with Gasteiger partial charge in [-0.3, -0.25) is 4.72 Å². The van der Waals surface area contributed by atoms with E-state index < -0.39 is 10.0 Å². The number of rotatable bonds is 5. The fourth-order valence-electron chi connectivity index (χ4n) is 3.29. The zero-order chi connectivity index (χ0) is 21.4. The van der Waals surface area contributed by atoms with Gasteiger partial charge in [0.05, 0.1) is 27.7 Å². The van der Waals surface area contributed by atoms with Gasteiger partial charge in [0.15, 0.2) is 0 Å². The molecule has 0 radical (unpaired) electrons. The van der Waals surface area contributed by atoms with Crippen molar-refractivity contribution < 1.29 is 8.42 Å². The summed E-state index contributed by atoms with van der Waals surface area (Å²) in [6.45, 7) is 10.0. The fourth-order valence-corrected chi connectivity index (χ4v) is 4.81. The van der Waals surface area contributed by atoms with E-state index in [1.807, 2.05) is 34.6 Å². The molecule has 3 aromatic rings. The van der Waals surface area contributed by atoms with Crippen molar-refractivity contribution in [1.82, 2.24) is 15.0 Å². The van der Waals surface area contributed by atoms with Gasteiger partial charge in [0, 0.05) is 10.6 Å². The Labute approximate surface area is 177 Å². The number of halogens is 1. The number of hydrogen-bond donors (Lipinski definition) is 1. The summed E-state index contributed by atoms with van der Waals surface area (Å²) in [5.74, 6) is 0. The standard InChI is InChI=1S/C21H25ClN4O2S/c1-6-17-14(2)26(25-23-17)20-18(13-12-16(22)19(20)21(3,4)5)24-29(27,28)15-10-8-7-9-11-15/h7-13,24H,6H2,1-5H3. The molecule has 0 bridgehead atoms. The smallest absolute Gasteiger partial charge is 0.261 e. The quantitative estimate of drug-likeness (QED) is 0.622. The van der Waals surface area contributed by atoms with Crippen molar-refractivity contribution in [2.24, 2.45) is 0 Å². The molecule has 0 unspecified atom stereocenters. The average Bonchev–Trinajstić information content (AvgIpc) is 3.02. The Bertz CT molecular complexity index is 1130. The van der Waals surface area contributed by atoms with Gasteiger partial charge in [-0.05, 0) is 43.0 Å². The summed E-state index contributed by atoms with van der Waals surface area (Å²) >= 11 is 6.58. The van der Waals surface area contributed by atoms with Gasteiger partial charge >= 0.3 is 0 Å². The van der Waals surface area contributed by atoms with Crippen LogP contribution in [0.1, 0.15) is 44.6 Å². The van der Waals surface area contributed by atoms with Gasteiger partial charge in [-0.25, -0.2) is 13.1 Å². The molecule has 1 N–H and O–H groups in total. The minimum absolute atomic E-state index is 0.183. The Morgan fingerprint density at radius 3 is 2.31 bits per heavy atom. The molecule has 0 saturated carbocycles. The SMILES string of the molecule is CCc1nnn(-c2c(NS(=O)(=O)c3ccccc3)ccc(Cl)c2C(C)(C)C)c1C. The van der Waals surface area contributed by atoms with E-state index >= 15 is 0 Å². The van der Waals surface area contributed by atoms with E-state index in [-0.39, 0.29) is 10.3 Å². The van der Waals surface area contributed by atoms with Crippen molar-refractivity contribution >= 4 is 27.3 Å². The first kappa shape index (κ1) is 21.3. The second-order valence-electron chi connectivity index (χ2n) is 7.87. The summed E-state index contributed by atoms with van der Waals surface area (Å²) in [7, 11) is -3.79. The van der Waals surface area contributed by atoms with Crippen LogP contribution in [0.3, 0.4) is 0 Å². The Morgan fingerprint density at radius 1 is 1.10 bits per heavy atom. The number of nitrogens with one attached hydrogen (secondary N) is 1. The van der Waals surface area contributed by atoms with Crippen LogP contribution < -0.4 is 4.72 Å². The van der Waals surface area contributed by atoms with E-state index in [9.17, 15) is 8.42 Å². The van der Waals surface area contributed by atoms with Gasteiger partial charge in [-0.15, -0.1) is 5.10 Å². The van der Waals surface area contributed by atoms with E-state index in [4.69, 9.17) is 11.6 Å². The van der Waals surface area contributed by atoms with E-state index in [2.05, 4.69) is 15.0 Å². The predicted molar refractivity (Wildman–Crippen MR) is 116 cm³/mol. The highest BCUT2D eigenvalue weighted by Gasteiger charge is 2.28. The van der Waals surface area contributed by atoms with Gasteiger partial charge < -0.3 is 0 Å². The maximum Gasteiger partial charge on any atom is 0.261 e. The Balaban J connectivity index is 2.27. The third-order valence-electron chi connectivity index (χ3n) is 4.71. The summed E-state index contributed by atoms with van der Waals surface area (Å²) in [5, 5.41) is 9.11. The van der Waals surface area contributed by atoms with Crippen LogP contribution in [-0.4, -0.2) is 23.4 Å². The molecule has 0 aliphatic rings. The molecule has 0 aliphatic heterocycles. The number of aromatic nitrogens is 3. The number of benzene rings is 2. The minimum Gasteiger partial charge on any atom is -0.277 e. The normalized spacial score (nSPS) is 12.2. The summed E-state index contributed by atoms with van der Waals surface area (Å²) in [6, 6.07) is 11.6. The highest BCUT2D eigenvalue weighted by molar-refractivity contribution is 7.92. The van der Waals surface area contributed by atoms with Crippen molar-refractivity contribution in [2.45, 2.75) is 51.3 Å². The third kappa shape index (κ3) is 4.16. The molecule has 6 nitrogen and oxygen atoms in total. The molecule has 0 amide bonds. The van der Waals surface area contributed by atoms with Crippen molar-refractivity contribution in [3.63, 3.8) is 0 Å². The lowest BCUT2D eigenvalue weighted by Gasteiger charge is -2.26. The Morgan fingerprint density at radius 2 is 1.76 bits per heavy atom. The molecule has 2 aromatic carbocycles. The predicted octanol–water partition coefficient (Wildman–Crippen LogP) is 4.89. The first-order valence-corrected chi connectivity index (χ1v) is 11.2. The number of nitrogens with zero attached hydrogens (tertiary/aromatic N) is 3. The van der Waals surface area contributed by atoms with Gasteiger partial charge in [-0.2, -0.15) is 0 Å². The number of sulfonamides is 1. The number of hydrogen-bond acceptors (Lipinski definition) is 4. The molecule has 1 aromatic heterocycles. The lowest BCUT2D eigenvalue weighted by atomic mass is 9.85. The second kappa shape index (κ2) is 7.80. The van der Waals surface area contributed by atoms with E-state index in [1.54, 1.807) is 47.1 Å². The van der Waals surface area contributed by atoms with Crippen LogP contribution >= 0.6 is 11.6 Å². The van der Waals surface area contributed by atoms with E-state index in [0.29, 0.717) is 16.4 Å². The van der Waals surface area contributed by atoms with Crippen molar-refractivity contribution in [3.05, 3.63) is 64.4 Å². The molecule has 8 heteroatoms. The van der Waals surface area contributed by atoms with Crippen LogP contribution in [0.15, 0.2) is 47.4 Å². The topological polar surface area (TPSA) is 76.9 Å². The van der Waals surface area contributed by atoms with Crippen LogP contribution in [0.25, 0.3) is 5.69 Å². The fraction of sp³-hybridized carbons (Fsp3) is 0.333. The second-order valence-corrected chi connectivity index (χ2v) is 9.96. The van der Waals surface area contributed by atoms with E-state index in [0.717, 1.165) is 23.4 Å². The zero-order valence-corrected chi connectivity index (χ0v) is 18.8. The van der Waals surface area contributed by atoms with Gasteiger partial charge in [-0.1, -0.05) is 62.7 Å². The highest BCUT2D eigenvalue weighted by Crippen LogP contribution is 2.39. The van der Waals surface area contributed by atoms with Gasteiger partial charge in [0.25, 0.3) is 10.0 Å². The lowest BCUT2D eigenvalue weighted by Crippen LogP contribution is -2.21. The third-order valence-corrected chi connectivity index (χ3v) is 6.41. The first-order chi connectivity index (χ1) is 13.6. The molecular weight excluding hydrogens is 408 g/mol. The van der Waals surface area contributed by atoms with Crippen LogP contribution in [-0.2, 0) is 21.9 Å². The molecule has 0 saturated heterocycles. The molecule has 0 spiro atoms. The molecule has 154 valence electrons. The molecule has 0 aliphatic carbocycles. The van der Waals surface area contributed by atoms with Crippen molar-refractivity contribution in [3.8, 4) is 5.69 Å². The molecule has 1 heterocycles. The van der Waals surface area contributed by atoms with Crippen LogP contribution in [0.5, 0.6) is 0 Å². The summed E-state index contributed by atoms with van der Waals surface area (Å²) < 4.78 is 30.4. The average molecular weight is 433 g/mol. The first-order valence-electron chi connectivity index (χ1n) is 9.38. The van der Waals surface area contributed by atoms with Crippen molar-refractivity contribution in [1.29, 1.82) is 0 Å². The number of anilines is 1. The van der Waals surface area contributed by atoms with Crippen LogP contribution in [0.4, 0.5) is 5.69 Å². The van der Waals surface area contributed by atoms with E-state index in [1.165, 1.54) is 0 Å². The van der Waals surface area contributed by atoms with Crippen molar-refractivity contribution in [2.75, 3.05) is 4.72 Å². The Hall–Kier alpha value is -2.38. The Kier molecular flexibility index (Phi) is 5.74. The van der Waals surface area contributed by atoms with Gasteiger partial charge in [0.1, 0.15) is 0 Å². The highest BCUT2D eigenvalue weighted by atomic mass is 35.5. The zero-order valence-electron chi connectivity index (χ0n) is 17.2. The number of aryl methyl sites for hydroxylation is 1. The van der Waals surface area contributed by atoms with Crippen LogP contribution in [0, 0.1) is 6.92 Å². The monoisotopic (exact) mass is 432 g/mol. The van der Waals surface area contributed by atoms with Crippen LogP contribution in [0.2, 0.25) is 5.02 Å². The minimum atomic E-state index is -3.79. The summed E-state index contributed by atoms with van der Waals surface area (Å²) in [6.07, 6.45) is 0.725. The summed E-state index contributed by atoms with van der Waals surface area (Å²) in [4.78, 5) is 0.183. The maximum absolute atomic E-state index is 13.0. The molecule has 3 rings (SSSR count). The molecule has 0 fully saturated rings. The summed E-state index contributed by atoms with van der Waals surface area (Å²) in [5.41, 5.74) is 3.13. The maximum atomic E-state index is 13.0. The molecular formula is C21H25ClN4O2S. The lowest BCUT2D eigenvalue weighted by molar-refractivity contribution is 0.581. The largest absolute Gasteiger partial charge is 0.277 e. The molecule has 29 heavy (non-hydrogen) atoms. The van der Waals surface area contributed by atoms with Gasteiger partial charge in [0.2, 0.25) is 0 Å². The molecule has 0 atom stereocenters.